The van der Waals surface area contributed by atoms with Crippen molar-refractivity contribution < 1.29 is 4.42 Å². The molecule has 3 heteroatoms. The zero-order chi connectivity index (χ0) is 14.7. The molecule has 2 aromatic carbocycles. The molecule has 0 fully saturated rings. The van der Waals surface area contributed by atoms with Crippen LogP contribution in [0.3, 0.4) is 0 Å². The predicted molar refractivity (Wildman–Crippen MR) is 90.3 cm³/mol. The molecule has 0 unspecified atom stereocenters. The Labute approximate surface area is 133 Å². The van der Waals surface area contributed by atoms with E-state index in [2.05, 4.69) is 58.5 Å². The molecule has 3 aromatic rings. The van der Waals surface area contributed by atoms with Gasteiger partial charge in [-0.15, -0.1) is 0 Å². The topological polar surface area (TPSA) is 25.2 Å². The third-order valence-electron chi connectivity index (χ3n) is 3.62. The third-order valence-corrected chi connectivity index (χ3v) is 4.12. The van der Waals surface area contributed by atoms with Crippen molar-refractivity contribution in [1.29, 1.82) is 0 Å². The molecule has 0 aliphatic carbocycles. The van der Waals surface area contributed by atoms with Crippen molar-refractivity contribution in [3.63, 3.8) is 0 Å². The Kier molecular flexibility index (Phi) is 4.42. The van der Waals surface area contributed by atoms with E-state index in [1.54, 1.807) is 0 Å². The summed E-state index contributed by atoms with van der Waals surface area (Å²) >= 11 is 3.51. The van der Waals surface area contributed by atoms with Gasteiger partial charge in [-0.05, 0) is 23.8 Å². The molecule has 0 atom stereocenters. The van der Waals surface area contributed by atoms with Crippen LogP contribution in [0.1, 0.15) is 23.8 Å². The smallest absolute Gasteiger partial charge is 0.134 e. The monoisotopic (exact) mass is 343 g/mol. The average molecular weight is 344 g/mol. The second-order valence-corrected chi connectivity index (χ2v) is 6.00. The zero-order valence-electron chi connectivity index (χ0n) is 12.0. The van der Waals surface area contributed by atoms with Gasteiger partial charge in [0.25, 0.3) is 0 Å². The quantitative estimate of drug-likeness (QED) is 0.701. The minimum atomic E-state index is 0.826. The maximum absolute atomic E-state index is 5.92. The van der Waals surface area contributed by atoms with Crippen LogP contribution in [0.5, 0.6) is 0 Å². The van der Waals surface area contributed by atoms with Crippen LogP contribution in [-0.2, 0) is 19.5 Å². The van der Waals surface area contributed by atoms with Crippen LogP contribution < -0.4 is 5.32 Å². The summed E-state index contributed by atoms with van der Waals surface area (Å²) in [5.74, 6) is 1.08. The lowest BCUT2D eigenvalue weighted by Crippen LogP contribution is -2.13. The Bertz CT molecular complexity index is 748. The molecule has 0 saturated carbocycles. The molecule has 0 bridgehead atoms. The molecule has 3 rings (SSSR count). The summed E-state index contributed by atoms with van der Waals surface area (Å²) in [7, 11) is 0. The summed E-state index contributed by atoms with van der Waals surface area (Å²) in [6, 6.07) is 16.6. The highest BCUT2D eigenvalue weighted by atomic mass is 79.9. The van der Waals surface area contributed by atoms with Gasteiger partial charge in [0.05, 0.1) is 0 Å². The first-order chi connectivity index (χ1) is 10.3. The van der Waals surface area contributed by atoms with Crippen molar-refractivity contribution in [3.05, 3.63) is 69.9 Å². The number of hydrogen-bond donors (Lipinski definition) is 1. The standard InChI is InChI=1S/C18H18BrNO/c1-2-17-16(15-8-3-4-9-18(15)21-17)12-20-11-13-6-5-7-14(19)10-13/h3-10,20H,2,11-12H2,1H3. The van der Waals surface area contributed by atoms with Crippen LogP contribution in [-0.4, -0.2) is 0 Å². The van der Waals surface area contributed by atoms with Crippen LogP contribution in [0.4, 0.5) is 0 Å². The van der Waals surface area contributed by atoms with Gasteiger partial charge in [-0.2, -0.15) is 0 Å². The molecule has 0 spiro atoms. The van der Waals surface area contributed by atoms with Gasteiger partial charge in [0.15, 0.2) is 0 Å². The summed E-state index contributed by atoms with van der Waals surface area (Å²) in [5, 5.41) is 4.74. The molecule has 21 heavy (non-hydrogen) atoms. The van der Waals surface area contributed by atoms with Gasteiger partial charge in [-0.1, -0.05) is 53.2 Å². The fourth-order valence-electron chi connectivity index (χ4n) is 2.61. The van der Waals surface area contributed by atoms with Crippen LogP contribution in [0.15, 0.2) is 57.4 Å². The van der Waals surface area contributed by atoms with E-state index in [0.29, 0.717) is 0 Å². The molecule has 1 aromatic heterocycles. The lowest BCUT2D eigenvalue weighted by Gasteiger charge is -2.06. The summed E-state index contributed by atoms with van der Waals surface area (Å²) in [6.45, 7) is 3.81. The number of nitrogens with one attached hydrogen (secondary N) is 1. The summed E-state index contributed by atoms with van der Waals surface area (Å²) in [4.78, 5) is 0. The fourth-order valence-corrected chi connectivity index (χ4v) is 3.05. The van der Waals surface area contributed by atoms with E-state index in [-0.39, 0.29) is 0 Å². The number of aryl methyl sites for hydroxylation is 1. The fraction of sp³-hybridized carbons (Fsp3) is 0.222. The molecule has 0 saturated heterocycles. The largest absolute Gasteiger partial charge is 0.461 e. The predicted octanol–water partition coefficient (Wildman–Crippen LogP) is 5.05. The second-order valence-electron chi connectivity index (χ2n) is 5.09. The zero-order valence-corrected chi connectivity index (χ0v) is 13.6. The first-order valence-electron chi connectivity index (χ1n) is 7.22. The lowest BCUT2D eigenvalue weighted by molar-refractivity contribution is 0.544. The molecule has 0 aliphatic heterocycles. The molecular weight excluding hydrogens is 326 g/mol. The summed E-state index contributed by atoms with van der Waals surface area (Å²) in [5.41, 5.74) is 3.53. The van der Waals surface area contributed by atoms with Gasteiger partial charge >= 0.3 is 0 Å². The van der Waals surface area contributed by atoms with E-state index < -0.39 is 0 Å². The van der Waals surface area contributed by atoms with Crippen LogP contribution in [0.25, 0.3) is 11.0 Å². The Morgan fingerprint density at radius 1 is 1.05 bits per heavy atom. The van der Waals surface area contributed by atoms with Gasteiger partial charge in [-0.25, -0.2) is 0 Å². The highest BCUT2D eigenvalue weighted by molar-refractivity contribution is 9.10. The third kappa shape index (κ3) is 3.20. The van der Waals surface area contributed by atoms with Crippen molar-refractivity contribution in [2.75, 3.05) is 0 Å². The Morgan fingerprint density at radius 3 is 2.71 bits per heavy atom. The molecule has 0 aliphatic rings. The van der Waals surface area contributed by atoms with E-state index >= 15 is 0 Å². The summed E-state index contributed by atoms with van der Waals surface area (Å²) < 4.78 is 7.04. The van der Waals surface area contributed by atoms with E-state index in [9.17, 15) is 0 Å². The Balaban J connectivity index is 1.75. The number of halogens is 1. The van der Waals surface area contributed by atoms with E-state index in [0.717, 1.165) is 35.3 Å². The number of rotatable bonds is 5. The van der Waals surface area contributed by atoms with Crippen LogP contribution in [0, 0.1) is 0 Å². The lowest BCUT2D eigenvalue weighted by atomic mass is 10.1. The summed E-state index contributed by atoms with van der Waals surface area (Å²) in [6.07, 6.45) is 0.919. The maximum Gasteiger partial charge on any atom is 0.134 e. The van der Waals surface area contributed by atoms with Gasteiger partial charge in [-0.3, -0.25) is 0 Å². The first kappa shape index (κ1) is 14.4. The normalized spacial score (nSPS) is 11.1. The van der Waals surface area contributed by atoms with Crippen molar-refractivity contribution in [1.82, 2.24) is 5.32 Å². The van der Waals surface area contributed by atoms with Gasteiger partial charge in [0.1, 0.15) is 11.3 Å². The molecule has 1 N–H and O–H groups in total. The van der Waals surface area contributed by atoms with Gasteiger partial charge in [0.2, 0.25) is 0 Å². The number of furan rings is 1. The highest BCUT2D eigenvalue weighted by Gasteiger charge is 2.11. The molecule has 0 amide bonds. The number of fused-ring (bicyclic) bond motifs is 1. The minimum Gasteiger partial charge on any atom is -0.461 e. The van der Waals surface area contributed by atoms with E-state index in [1.165, 1.54) is 16.5 Å². The van der Waals surface area contributed by atoms with Crippen molar-refractivity contribution in [2.24, 2.45) is 0 Å². The SMILES string of the molecule is CCc1oc2ccccc2c1CNCc1cccc(Br)c1. The van der Waals surface area contributed by atoms with Crippen LogP contribution in [0.2, 0.25) is 0 Å². The van der Waals surface area contributed by atoms with Crippen LogP contribution >= 0.6 is 15.9 Å². The van der Waals surface area contributed by atoms with Crippen molar-refractivity contribution in [3.8, 4) is 0 Å². The first-order valence-corrected chi connectivity index (χ1v) is 8.01. The van der Waals surface area contributed by atoms with Crippen molar-refractivity contribution >= 4 is 26.9 Å². The Morgan fingerprint density at radius 2 is 1.90 bits per heavy atom. The molecule has 0 radical (unpaired) electrons. The highest BCUT2D eigenvalue weighted by Crippen LogP contribution is 2.26. The molecule has 108 valence electrons. The average Bonchev–Trinajstić information content (AvgIpc) is 2.86. The van der Waals surface area contributed by atoms with E-state index in [4.69, 9.17) is 4.42 Å². The number of para-hydroxylation sites is 1. The minimum absolute atomic E-state index is 0.826. The maximum atomic E-state index is 5.92. The van der Waals surface area contributed by atoms with Crippen molar-refractivity contribution in [2.45, 2.75) is 26.4 Å². The van der Waals surface area contributed by atoms with E-state index in [1.807, 2.05) is 18.2 Å². The molecule has 2 nitrogen and oxygen atoms in total. The van der Waals surface area contributed by atoms with Gasteiger partial charge < -0.3 is 9.73 Å². The Hall–Kier alpha value is -1.58. The van der Waals surface area contributed by atoms with Gasteiger partial charge in [0, 0.05) is 34.9 Å². The second kappa shape index (κ2) is 6.46. The number of hydrogen-bond acceptors (Lipinski definition) is 2. The molecular formula is C18H18BrNO. The number of benzene rings is 2. The molecule has 1 heterocycles.